The highest BCUT2D eigenvalue weighted by Crippen LogP contribution is 2.37. The molecule has 30 heavy (non-hydrogen) atoms. The van der Waals surface area contributed by atoms with Crippen molar-refractivity contribution < 1.29 is 19.0 Å². The monoisotopic (exact) mass is 472 g/mol. The van der Waals surface area contributed by atoms with Crippen molar-refractivity contribution in [1.82, 2.24) is 15.2 Å². The van der Waals surface area contributed by atoms with E-state index in [2.05, 4.69) is 15.2 Å². The van der Waals surface area contributed by atoms with Crippen LogP contribution in [-0.4, -0.2) is 45.6 Å². The molecule has 0 saturated heterocycles. The zero-order valence-corrected chi connectivity index (χ0v) is 18.4. The first-order valence-corrected chi connectivity index (χ1v) is 10.5. The minimum atomic E-state index is -0.632. The molecule has 11 heteroatoms. The van der Waals surface area contributed by atoms with Gasteiger partial charge >= 0.3 is 0 Å². The SMILES string of the molecule is CC(C)Oc1ccc(-c2nnc(-c3cc(F)c(OC[C@@H](N)CO)cc3Cl)s2)nc1Cl. The standard InChI is InChI=1S/C19H19Cl2FN4O3S/c1-9(2)29-15-4-3-14(24-17(15)21)19-26-25-18(30-19)11-5-13(22)16(6-12(11)20)28-8-10(23)7-27/h3-6,9-10,27H,7-8,23H2,1-2H3/t10-/m0/s1. The molecule has 0 spiro atoms. The summed E-state index contributed by atoms with van der Waals surface area (Å²) in [6.45, 7) is 3.46. The van der Waals surface area contributed by atoms with Crippen molar-refractivity contribution in [2.24, 2.45) is 5.73 Å². The van der Waals surface area contributed by atoms with Crippen LogP contribution in [0, 0.1) is 5.82 Å². The molecule has 3 aromatic rings. The van der Waals surface area contributed by atoms with E-state index in [1.165, 1.54) is 23.5 Å². The fraction of sp³-hybridized carbons (Fsp3) is 0.316. The molecule has 0 amide bonds. The van der Waals surface area contributed by atoms with Gasteiger partial charge in [0.25, 0.3) is 0 Å². The number of ether oxygens (including phenoxy) is 2. The average Bonchev–Trinajstić information content (AvgIpc) is 3.19. The number of rotatable bonds is 8. The molecule has 7 nitrogen and oxygen atoms in total. The Morgan fingerprint density at radius 2 is 1.90 bits per heavy atom. The second-order valence-electron chi connectivity index (χ2n) is 6.58. The Labute approximate surface area is 186 Å². The fourth-order valence-corrected chi connectivity index (χ4v) is 3.71. The number of hydrogen-bond donors (Lipinski definition) is 2. The van der Waals surface area contributed by atoms with E-state index in [9.17, 15) is 4.39 Å². The van der Waals surface area contributed by atoms with Crippen molar-refractivity contribution in [3.8, 4) is 32.8 Å². The predicted molar refractivity (Wildman–Crippen MR) is 115 cm³/mol. The Kier molecular flexibility index (Phi) is 7.43. The molecule has 0 unspecified atom stereocenters. The molecule has 1 atom stereocenters. The maximum Gasteiger partial charge on any atom is 0.171 e. The lowest BCUT2D eigenvalue weighted by atomic mass is 10.2. The Morgan fingerprint density at radius 3 is 2.57 bits per heavy atom. The van der Waals surface area contributed by atoms with Gasteiger partial charge in [0.1, 0.15) is 17.3 Å². The summed E-state index contributed by atoms with van der Waals surface area (Å²) in [4.78, 5) is 4.30. The molecular formula is C19H19Cl2FN4O3S. The van der Waals surface area contributed by atoms with Gasteiger partial charge in [0.15, 0.2) is 27.5 Å². The number of pyridine rings is 1. The molecule has 3 N–H and O–H groups in total. The van der Waals surface area contributed by atoms with E-state index in [1.807, 2.05) is 13.8 Å². The van der Waals surface area contributed by atoms with Gasteiger partial charge in [-0.2, -0.15) is 0 Å². The van der Waals surface area contributed by atoms with Gasteiger partial charge in [0.05, 0.1) is 23.8 Å². The first-order valence-electron chi connectivity index (χ1n) is 8.94. The van der Waals surface area contributed by atoms with Gasteiger partial charge in [0.2, 0.25) is 0 Å². The van der Waals surface area contributed by atoms with Gasteiger partial charge in [-0.3, -0.25) is 0 Å². The summed E-state index contributed by atoms with van der Waals surface area (Å²) in [5.74, 6) is -0.221. The molecule has 0 bridgehead atoms. The van der Waals surface area contributed by atoms with Gasteiger partial charge in [-0.1, -0.05) is 34.5 Å². The summed E-state index contributed by atoms with van der Waals surface area (Å²) in [6.07, 6.45) is -0.0355. The van der Waals surface area contributed by atoms with Crippen molar-refractivity contribution >= 4 is 34.5 Å². The van der Waals surface area contributed by atoms with E-state index >= 15 is 0 Å². The van der Waals surface area contributed by atoms with E-state index in [0.717, 1.165) is 0 Å². The minimum absolute atomic E-state index is 0.0355. The van der Waals surface area contributed by atoms with Crippen LogP contribution in [0.2, 0.25) is 10.2 Å². The highest BCUT2D eigenvalue weighted by Gasteiger charge is 2.18. The van der Waals surface area contributed by atoms with E-state index < -0.39 is 11.9 Å². The van der Waals surface area contributed by atoms with Crippen LogP contribution in [0.25, 0.3) is 21.3 Å². The summed E-state index contributed by atoms with van der Waals surface area (Å²) in [5, 5.41) is 18.5. The van der Waals surface area contributed by atoms with Gasteiger partial charge in [0, 0.05) is 11.6 Å². The van der Waals surface area contributed by atoms with Crippen LogP contribution in [0.1, 0.15) is 13.8 Å². The zero-order chi connectivity index (χ0) is 21.8. The Morgan fingerprint density at radius 1 is 1.17 bits per heavy atom. The minimum Gasteiger partial charge on any atom is -0.489 e. The van der Waals surface area contributed by atoms with Crippen LogP contribution in [0.15, 0.2) is 24.3 Å². The largest absolute Gasteiger partial charge is 0.489 e. The van der Waals surface area contributed by atoms with Crippen LogP contribution >= 0.6 is 34.5 Å². The maximum atomic E-state index is 14.4. The molecule has 0 aliphatic rings. The molecule has 0 fully saturated rings. The molecule has 2 aromatic heterocycles. The summed E-state index contributed by atoms with van der Waals surface area (Å²) < 4.78 is 25.3. The Bertz CT molecular complexity index is 1040. The molecule has 1 aromatic carbocycles. The van der Waals surface area contributed by atoms with Crippen LogP contribution in [-0.2, 0) is 0 Å². The number of aliphatic hydroxyl groups is 1. The smallest absolute Gasteiger partial charge is 0.171 e. The summed E-state index contributed by atoms with van der Waals surface area (Å²) >= 11 is 13.7. The molecule has 0 radical (unpaired) electrons. The second kappa shape index (κ2) is 9.84. The first-order chi connectivity index (χ1) is 14.3. The molecule has 160 valence electrons. The highest BCUT2D eigenvalue weighted by atomic mass is 35.5. The Hall–Kier alpha value is -2.04. The van der Waals surface area contributed by atoms with E-state index in [0.29, 0.717) is 27.0 Å². The number of benzene rings is 1. The molecule has 0 aliphatic heterocycles. The number of halogens is 3. The third-order valence-electron chi connectivity index (χ3n) is 3.76. The molecular weight excluding hydrogens is 454 g/mol. The van der Waals surface area contributed by atoms with Crippen LogP contribution < -0.4 is 15.2 Å². The number of aromatic nitrogens is 3. The van der Waals surface area contributed by atoms with Gasteiger partial charge in [-0.25, -0.2) is 9.37 Å². The van der Waals surface area contributed by atoms with Crippen molar-refractivity contribution in [2.75, 3.05) is 13.2 Å². The maximum absolute atomic E-state index is 14.4. The normalized spacial score (nSPS) is 12.3. The zero-order valence-electron chi connectivity index (χ0n) is 16.1. The summed E-state index contributed by atoms with van der Waals surface area (Å²) in [6, 6.07) is 5.36. The van der Waals surface area contributed by atoms with E-state index in [-0.39, 0.29) is 35.2 Å². The van der Waals surface area contributed by atoms with Crippen molar-refractivity contribution in [1.29, 1.82) is 0 Å². The van der Waals surface area contributed by atoms with E-state index in [4.69, 9.17) is 43.5 Å². The lowest BCUT2D eigenvalue weighted by molar-refractivity contribution is 0.202. The average molecular weight is 473 g/mol. The van der Waals surface area contributed by atoms with Crippen LogP contribution in [0.5, 0.6) is 11.5 Å². The van der Waals surface area contributed by atoms with Crippen molar-refractivity contribution in [3.63, 3.8) is 0 Å². The summed E-state index contributed by atoms with van der Waals surface area (Å²) in [5.41, 5.74) is 6.43. The fourth-order valence-electron chi connectivity index (χ4n) is 2.37. The lowest BCUT2D eigenvalue weighted by Crippen LogP contribution is -2.31. The molecule has 3 rings (SSSR count). The molecule has 0 aliphatic carbocycles. The number of nitrogens with two attached hydrogens (primary N) is 1. The van der Waals surface area contributed by atoms with Crippen LogP contribution in [0.4, 0.5) is 4.39 Å². The Balaban J connectivity index is 1.84. The lowest BCUT2D eigenvalue weighted by Gasteiger charge is -2.12. The topological polar surface area (TPSA) is 103 Å². The molecule has 0 saturated carbocycles. The first kappa shape index (κ1) is 22.6. The highest BCUT2D eigenvalue weighted by molar-refractivity contribution is 7.18. The molecule has 2 heterocycles. The van der Waals surface area contributed by atoms with Crippen molar-refractivity contribution in [2.45, 2.75) is 26.0 Å². The third kappa shape index (κ3) is 5.35. The van der Waals surface area contributed by atoms with Gasteiger partial charge in [-0.05, 0) is 32.0 Å². The number of aliphatic hydroxyl groups excluding tert-OH is 1. The van der Waals surface area contributed by atoms with Gasteiger partial charge < -0.3 is 20.3 Å². The quantitative estimate of drug-likeness (QED) is 0.473. The number of hydrogen-bond acceptors (Lipinski definition) is 8. The van der Waals surface area contributed by atoms with E-state index in [1.54, 1.807) is 12.1 Å². The third-order valence-corrected chi connectivity index (χ3v) is 5.32. The second-order valence-corrected chi connectivity index (χ2v) is 8.32. The van der Waals surface area contributed by atoms with Crippen molar-refractivity contribution in [3.05, 3.63) is 40.3 Å². The predicted octanol–water partition coefficient (Wildman–Crippen LogP) is 4.20. The van der Waals surface area contributed by atoms with Crippen LogP contribution in [0.3, 0.4) is 0 Å². The number of nitrogens with zero attached hydrogens (tertiary/aromatic N) is 3. The summed E-state index contributed by atoms with van der Waals surface area (Å²) in [7, 11) is 0. The van der Waals surface area contributed by atoms with Gasteiger partial charge in [-0.15, -0.1) is 10.2 Å².